The summed E-state index contributed by atoms with van der Waals surface area (Å²) in [5, 5.41) is 16.9. The van der Waals surface area contributed by atoms with Gasteiger partial charge in [0.25, 0.3) is 5.91 Å². The molecule has 33 heavy (non-hydrogen) atoms. The Morgan fingerprint density at radius 3 is 2.55 bits per heavy atom. The highest BCUT2D eigenvalue weighted by atomic mass is 19.1. The van der Waals surface area contributed by atoms with Crippen molar-refractivity contribution in [3.63, 3.8) is 0 Å². The zero-order chi connectivity index (χ0) is 24.3. The molecule has 1 aromatic heterocycles. The maximum absolute atomic E-state index is 13.9. The molecule has 1 aliphatic rings. The molecule has 2 aromatic rings. The molecule has 0 bridgehead atoms. The van der Waals surface area contributed by atoms with Crippen molar-refractivity contribution < 1.29 is 28.2 Å². The molecule has 2 heterocycles. The average molecular weight is 462 g/mol. The van der Waals surface area contributed by atoms with Gasteiger partial charge < -0.3 is 20.1 Å². The average Bonchev–Trinajstić information content (AvgIpc) is 3.27. The van der Waals surface area contributed by atoms with Gasteiger partial charge in [-0.05, 0) is 38.3 Å². The van der Waals surface area contributed by atoms with Gasteiger partial charge in [-0.25, -0.2) is 8.78 Å². The van der Waals surface area contributed by atoms with E-state index in [9.17, 15) is 23.5 Å². The second-order valence-electron chi connectivity index (χ2n) is 9.08. The minimum Gasteiger partial charge on any atom is -0.453 e. The number of halogens is 2. The summed E-state index contributed by atoms with van der Waals surface area (Å²) in [5.41, 5.74) is -0.977. The van der Waals surface area contributed by atoms with E-state index in [-0.39, 0.29) is 30.6 Å². The monoisotopic (exact) mass is 462 g/mol. The summed E-state index contributed by atoms with van der Waals surface area (Å²) in [6, 6.07) is 4.07. The Morgan fingerprint density at radius 1 is 1.27 bits per heavy atom. The molecule has 8 nitrogen and oxygen atoms in total. The summed E-state index contributed by atoms with van der Waals surface area (Å²) in [6.45, 7) is 7.25. The summed E-state index contributed by atoms with van der Waals surface area (Å²) in [4.78, 5) is 27.0. The number of amides is 2. The molecule has 0 spiro atoms. The Morgan fingerprint density at radius 2 is 1.94 bits per heavy atom. The lowest BCUT2D eigenvalue weighted by molar-refractivity contribution is -0.133. The number of carbonyl (C=O) groups is 2. The second-order valence-corrected chi connectivity index (χ2v) is 9.08. The number of anilines is 1. The number of nitrogens with one attached hydrogen (secondary N) is 1. The van der Waals surface area contributed by atoms with Gasteiger partial charge in [-0.15, -0.1) is 0 Å². The Hall–Kier alpha value is -3.27. The van der Waals surface area contributed by atoms with Crippen LogP contribution < -0.4 is 10.1 Å². The van der Waals surface area contributed by atoms with Gasteiger partial charge in [0.15, 0.2) is 23.2 Å². The Balaban J connectivity index is 1.72. The van der Waals surface area contributed by atoms with E-state index in [1.165, 1.54) is 15.6 Å². The maximum atomic E-state index is 13.9. The topological polar surface area (TPSA) is 96.7 Å². The number of rotatable bonds is 9. The molecule has 3 rings (SSSR count). The molecule has 1 aliphatic heterocycles. The summed E-state index contributed by atoms with van der Waals surface area (Å²) in [7, 11) is 0. The first-order valence-corrected chi connectivity index (χ1v) is 10.6. The third-order valence-corrected chi connectivity index (χ3v) is 4.86. The molecule has 0 radical (unpaired) electrons. The van der Waals surface area contributed by atoms with Crippen LogP contribution in [0.1, 0.15) is 34.1 Å². The third kappa shape index (κ3) is 6.38. The number of carbonyl (C=O) groups excluding carboxylic acids is 2. The molecule has 0 unspecified atom stereocenters. The standard InChI is InChI=1S/C23H28F2N4O4/c1-14(2)10-18(22(31)26-19-8-9-28(27-19)13-23(3,4)32)29-12-15(11-20(29)30)33-21-16(24)6-5-7-17(21)25/h5-9,11,14,18,32H,10,12-13H2,1-4H3,(H,26,27,31)/t18-/m0/s1. The number of aromatic nitrogens is 2. The van der Waals surface area contributed by atoms with Gasteiger partial charge in [0.2, 0.25) is 5.91 Å². The van der Waals surface area contributed by atoms with Crippen molar-refractivity contribution in [3.8, 4) is 5.75 Å². The van der Waals surface area contributed by atoms with Gasteiger partial charge >= 0.3 is 0 Å². The molecular formula is C23H28F2N4O4. The summed E-state index contributed by atoms with van der Waals surface area (Å²) in [5.74, 6) is -2.91. The zero-order valence-electron chi connectivity index (χ0n) is 19.0. The molecule has 10 heteroatoms. The van der Waals surface area contributed by atoms with E-state index < -0.39 is 40.8 Å². The molecule has 1 aromatic carbocycles. The van der Waals surface area contributed by atoms with Crippen molar-refractivity contribution in [2.45, 2.75) is 52.3 Å². The van der Waals surface area contributed by atoms with Crippen molar-refractivity contribution in [1.82, 2.24) is 14.7 Å². The van der Waals surface area contributed by atoms with Gasteiger partial charge in [-0.1, -0.05) is 19.9 Å². The van der Waals surface area contributed by atoms with E-state index in [2.05, 4.69) is 10.4 Å². The lowest BCUT2D eigenvalue weighted by Gasteiger charge is -2.28. The smallest absolute Gasteiger partial charge is 0.251 e. The highest BCUT2D eigenvalue weighted by Crippen LogP contribution is 2.27. The lowest BCUT2D eigenvalue weighted by Crippen LogP contribution is -2.46. The number of aliphatic hydroxyl groups is 1. The summed E-state index contributed by atoms with van der Waals surface area (Å²) < 4.78 is 34.7. The van der Waals surface area contributed by atoms with Crippen LogP contribution in [0.2, 0.25) is 0 Å². The van der Waals surface area contributed by atoms with Gasteiger partial charge in [-0.3, -0.25) is 14.3 Å². The van der Waals surface area contributed by atoms with E-state index in [0.717, 1.165) is 18.2 Å². The molecule has 1 atom stereocenters. The van der Waals surface area contributed by atoms with Crippen LogP contribution in [0.25, 0.3) is 0 Å². The number of benzene rings is 1. The largest absolute Gasteiger partial charge is 0.453 e. The minimum absolute atomic E-state index is 0.0417. The van der Waals surface area contributed by atoms with E-state index in [1.54, 1.807) is 26.1 Å². The normalized spacial score (nSPS) is 15.1. The fourth-order valence-electron chi connectivity index (χ4n) is 3.49. The molecule has 2 amide bonds. The predicted molar refractivity (Wildman–Crippen MR) is 117 cm³/mol. The highest BCUT2D eigenvalue weighted by Gasteiger charge is 2.35. The SMILES string of the molecule is CC(C)C[C@@H](C(=O)Nc1ccn(CC(C)(C)O)n1)N1CC(Oc2c(F)cccc2F)=CC1=O. The predicted octanol–water partition coefficient (Wildman–Crippen LogP) is 3.09. The molecule has 178 valence electrons. The molecular weight excluding hydrogens is 434 g/mol. The number of ether oxygens (including phenoxy) is 1. The van der Waals surface area contributed by atoms with Crippen molar-refractivity contribution in [2.24, 2.45) is 5.92 Å². The van der Waals surface area contributed by atoms with Crippen molar-refractivity contribution in [3.05, 3.63) is 53.9 Å². The van der Waals surface area contributed by atoms with Crippen LogP contribution >= 0.6 is 0 Å². The number of hydrogen-bond acceptors (Lipinski definition) is 5. The number of nitrogens with zero attached hydrogens (tertiary/aromatic N) is 3. The van der Waals surface area contributed by atoms with E-state index in [0.29, 0.717) is 6.42 Å². The number of hydrogen-bond donors (Lipinski definition) is 2. The first-order valence-electron chi connectivity index (χ1n) is 10.6. The van der Waals surface area contributed by atoms with Crippen molar-refractivity contribution >= 4 is 17.6 Å². The molecule has 0 fully saturated rings. The van der Waals surface area contributed by atoms with Gasteiger partial charge in [0.1, 0.15) is 11.8 Å². The minimum atomic E-state index is -0.977. The Bertz CT molecular complexity index is 1040. The van der Waals surface area contributed by atoms with Crippen LogP contribution in [-0.4, -0.2) is 49.8 Å². The van der Waals surface area contributed by atoms with Crippen LogP contribution in [0, 0.1) is 17.6 Å². The molecule has 0 saturated carbocycles. The first-order chi connectivity index (χ1) is 15.4. The first kappa shape index (κ1) is 24.4. The highest BCUT2D eigenvalue weighted by molar-refractivity contribution is 5.99. The fraction of sp³-hybridized carbons (Fsp3) is 0.435. The van der Waals surface area contributed by atoms with Crippen molar-refractivity contribution in [2.75, 3.05) is 11.9 Å². The van der Waals surface area contributed by atoms with Crippen LogP contribution in [0.5, 0.6) is 5.75 Å². The lowest BCUT2D eigenvalue weighted by atomic mass is 10.0. The van der Waals surface area contributed by atoms with Gasteiger partial charge in [-0.2, -0.15) is 5.10 Å². The maximum Gasteiger partial charge on any atom is 0.251 e. The van der Waals surface area contributed by atoms with Gasteiger partial charge in [0.05, 0.1) is 18.7 Å². The van der Waals surface area contributed by atoms with E-state index in [4.69, 9.17) is 4.74 Å². The Labute approximate surface area is 190 Å². The van der Waals surface area contributed by atoms with Crippen LogP contribution in [-0.2, 0) is 16.1 Å². The molecule has 0 saturated heterocycles. The Kier molecular flexibility index (Phi) is 7.16. The summed E-state index contributed by atoms with van der Waals surface area (Å²) in [6.07, 6.45) is 3.12. The third-order valence-electron chi connectivity index (χ3n) is 4.86. The molecule has 0 aliphatic carbocycles. The molecule has 2 N–H and O–H groups in total. The van der Waals surface area contributed by atoms with Crippen molar-refractivity contribution in [1.29, 1.82) is 0 Å². The van der Waals surface area contributed by atoms with Gasteiger partial charge in [0, 0.05) is 18.3 Å². The van der Waals surface area contributed by atoms with E-state index in [1.807, 2.05) is 13.8 Å². The van der Waals surface area contributed by atoms with Crippen LogP contribution in [0.3, 0.4) is 0 Å². The van der Waals surface area contributed by atoms with Crippen LogP contribution in [0.15, 0.2) is 42.3 Å². The quantitative estimate of drug-likeness (QED) is 0.597. The van der Waals surface area contributed by atoms with Crippen LogP contribution in [0.4, 0.5) is 14.6 Å². The number of para-hydroxylation sites is 1. The van der Waals surface area contributed by atoms with E-state index >= 15 is 0 Å². The zero-order valence-corrected chi connectivity index (χ0v) is 19.0. The fourth-order valence-corrected chi connectivity index (χ4v) is 3.49. The second kappa shape index (κ2) is 9.70. The summed E-state index contributed by atoms with van der Waals surface area (Å²) >= 11 is 0.